The second-order valence-corrected chi connectivity index (χ2v) is 16.5. The quantitative estimate of drug-likeness (QED) is 0.0841. The monoisotopic (exact) mass is 548 g/mol. The molecule has 0 spiro atoms. The molecule has 0 bridgehead atoms. The predicted molar refractivity (Wildman–Crippen MR) is 155 cm³/mol. The number of hydrogen-bond donors (Lipinski definition) is 0. The zero-order chi connectivity index (χ0) is 27.3. The van der Waals surface area contributed by atoms with Crippen molar-refractivity contribution in [2.75, 3.05) is 13.7 Å². The summed E-state index contributed by atoms with van der Waals surface area (Å²) in [5.74, 6) is -0.595. The number of carbonyl (C=O) groups is 2. The molecule has 8 heteroatoms. The highest BCUT2D eigenvalue weighted by Gasteiger charge is 2.20. The third kappa shape index (κ3) is 6.78. The first-order chi connectivity index (χ1) is 18.2. The highest BCUT2D eigenvalue weighted by Crippen LogP contribution is 2.33. The molecule has 4 aromatic rings. The SMILES string of the molecule is COC(=O)CCC(=O)c1cc2nc(-c3ccc(-c4ccccc4)cc3)c(Cl)cc2n1COCC[Si](C)(C)C. The van der Waals surface area contributed by atoms with Gasteiger partial charge in [0.2, 0.25) is 0 Å². The third-order valence-corrected chi connectivity index (χ3v) is 8.38. The van der Waals surface area contributed by atoms with Gasteiger partial charge in [0.25, 0.3) is 0 Å². The van der Waals surface area contributed by atoms with Crippen LogP contribution in [0.2, 0.25) is 30.7 Å². The van der Waals surface area contributed by atoms with E-state index in [1.807, 2.05) is 48.5 Å². The van der Waals surface area contributed by atoms with Crippen molar-refractivity contribution < 1.29 is 19.1 Å². The lowest BCUT2D eigenvalue weighted by atomic mass is 10.0. The highest BCUT2D eigenvalue weighted by atomic mass is 35.5. The Labute approximate surface area is 229 Å². The lowest BCUT2D eigenvalue weighted by Gasteiger charge is -2.16. The maximum atomic E-state index is 13.1. The van der Waals surface area contributed by atoms with Crippen LogP contribution in [0.5, 0.6) is 0 Å². The second-order valence-electron chi connectivity index (χ2n) is 10.5. The smallest absolute Gasteiger partial charge is 0.305 e. The molecule has 0 saturated carbocycles. The molecule has 0 radical (unpaired) electrons. The van der Waals surface area contributed by atoms with Crippen LogP contribution in [0.4, 0.5) is 0 Å². The van der Waals surface area contributed by atoms with Gasteiger partial charge in [0.05, 0.1) is 41.0 Å². The molecule has 6 nitrogen and oxygen atoms in total. The first kappa shape index (κ1) is 27.8. The molecule has 0 aliphatic heterocycles. The molecule has 0 fully saturated rings. The molecule has 2 aromatic carbocycles. The molecule has 0 aliphatic carbocycles. The van der Waals surface area contributed by atoms with Crippen LogP contribution >= 0.6 is 11.6 Å². The Bertz CT molecular complexity index is 1430. The standard InChI is InChI=1S/C30H33ClN2O4Si/c1-36-29(35)15-14-28(34)27-19-25-26(33(27)20-37-16-17-38(2,3)4)18-24(31)30(32-25)23-12-10-22(11-13-23)21-8-6-5-7-9-21/h5-13,18-19H,14-17,20H2,1-4H3. The van der Waals surface area contributed by atoms with Crippen molar-refractivity contribution >= 4 is 42.5 Å². The van der Waals surface area contributed by atoms with E-state index >= 15 is 0 Å². The number of pyridine rings is 1. The Hall–Kier alpha value is -3.26. The summed E-state index contributed by atoms with van der Waals surface area (Å²) in [6.45, 7) is 7.69. The zero-order valence-corrected chi connectivity index (χ0v) is 24.0. The summed E-state index contributed by atoms with van der Waals surface area (Å²) in [6.07, 6.45) is 0.0555. The summed E-state index contributed by atoms with van der Waals surface area (Å²) in [7, 11) is 0.0518. The normalized spacial score (nSPS) is 11.6. The molecule has 0 aliphatic rings. The minimum absolute atomic E-state index is 0.0144. The predicted octanol–water partition coefficient (Wildman–Crippen LogP) is 7.47. The van der Waals surface area contributed by atoms with E-state index in [-0.39, 0.29) is 25.4 Å². The van der Waals surface area contributed by atoms with E-state index in [0.717, 1.165) is 22.7 Å². The maximum absolute atomic E-state index is 13.1. The Morgan fingerprint density at radius 1 is 0.921 bits per heavy atom. The van der Waals surface area contributed by atoms with Gasteiger partial charge in [-0.3, -0.25) is 9.59 Å². The van der Waals surface area contributed by atoms with Crippen LogP contribution in [0, 0.1) is 0 Å². The summed E-state index contributed by atoms with van der Waals surface area (Å²) < 4.78 is 12.5. The summed E-state index contributed by atoms with van der Waals surface area (Å²) in [6, 6.07) is 22.9. The molecule has 0 unspecified atom stereocenters. The minimum Gasteiger partial charge on any atom is -0.469 e. The number of halogens is 1. The van der Waals surface area contributed by atoms with E-state index in [9.17, 15) is 9.59 Å². The number of ether oxygens (including phenoxy) is 2. The van der Waals surface area contributed by atoms with Gasteiger partial charge in [0.15, 0.2) is 5.78 Å². The number of ketones is 1. The largest absolute Gasteiger partial charge is 0.469 e. The first-order valence-corrected chi connectivity index (χ1v) is 16.8. The summed E-state index contributed by atoms with van der Waals surface area (Å²) in [5.41, 5.74) is 5.57. The number of nitrogens with zero attached hydrogens (tertiary/aromatic N) is 2. The van der Waals surface area contributed by atoms with Gasteiger partial charge in [0, 0.05) is 26.7 Å². The van der Waals surface area contributed by atoms with Gasteiger partial charge in [-0.2, -0.15) is 0 Å². The van der Waals surface area contributed by atoms with Crippen LogP contribution in [0.1, 0.15) is 23.3 Å². The molecular weight excluding hydrogens is 516 g/mol. The molecule has 4 rings (SSSR count). The summed E-state index contributed by atoms with van der Waals surface area (Å²) >= 11 is 6.74. The van der Waals surface area contributed by atoms with E-state index in [1.165, 1.54) is 7.11 Å². The number of benzene rings is 2. The van der Waals surface area contributed by atoms with Crippen molar-refractivity contribution in [3.63, 3.8) is 0 Å². The van der Waals surface area contributed by atoms with Gasteiger partial charge >= 0.3 is 5.97 Å². The van der Waals surface area contributed by atoms with Crippen molar-refractivity contribution in [2.24, 2.45) is 0 Å². The number of hydrogen-bond acceptors (Lipinski definition) is 5. The van der Waals surface area contributed by atoms with E-state index in [4.69, 9.17) is 26.1 Å². The van der Waals surface area contributed by atoms with Gasteiger partial charge < -0.3 is 14.0 Å². The number of fused-ring (bicyclic) bond motifs is 1. The number of rotatable bonds is 11. The fourth-order valence-electron chi connectivity index (χ4n) is 4.16. The van der Waals surface area contributed by atoms with E-state index in [2.05, 4.69) is 31.8 Å². The molecule has 0 amide bonds. The van der Waals surface area contributed by atoms with Crippen LogP contribution in [-0.2, 0) is 21.0 Å². The van der Waals surface area contributed by atoms with Gasteiger partial charge in [-0.15, -0.1) is 0 Å². The molecule has 198 valence electrons. The van der Waals surface area contributed by atoms with Crippen LogP contribution in [-0.4, -0.2) is 43.1 Å². The number of Topliss-reactive ketones (excluding diaryl/α,β-unsaturated/α-hetero) is 1. The topological polar surface area (TPSA) is 70.4 Å². The van der Waals surface area contributed by atoms with Crippen molar-refractivity contribution in [2.45, 2.75) is 45.3 Å². The summed E-state index contributed by atoms with van der Waals surface area (Å²) in [5, 5.41) is 0.486. The van der Waals surface area contributed by atoms with Gasteiger partial charge in [-0.05, 0) is 29.3 Å². The van der Waals surface area contributed by atoms with E-state index < -0.39 is 14.0 Å². The van der Waals surface area contributed by atoms with Crippen LogP contribution in [0.25, 0.3) is 33.4 Å². The fourth-order valence-corrected chi connectivity index (χ4v) is 5.17. The minimum atomic E-state index is -1.26. The fraction of sp³-hybridized carbons (Fsp3) is 0.300. The van der Waals surface area contributed by atoms with Crippen molar-refractivity contribution in [1.82, 2.24) is 9.55 Å². The Morgan fingerprint density at radius 3 is 2.24 bits per heavy atom. The van der Waals surface area contributed by atoms with Gasteiger partial charge in [-0.25, -0.2) is 4.98 Å². The Morgan fingerprint density at radius 2 is 1.58 bits per heavy atom. The molecule has 2 heterocycles. The number of carbonyl (C=O) groups excluding carboxylic acids is 2. The Kier molecular flexibility index (Phi) is 8.82. The molecule has 0 atom stereocenters. The van der Waals surface area contributed by atoms with Crippen LogP contribution < -0.4 is 0 Å². The number of methoxy groups -OCH3 is 1. The first-order valence-electron chi connectivity index (χ1n) is 12.7. The lowest BCUT2D eigenvalue weighted by Crippen LogP contribution is -2.22. The Balaban J connectivity index is 1.66. The van der Waals surface area contributed by atoms with Gasteiger partial charge in [0.1, 0.15) is 6.73 Å². The number of aromatic nitrogens is 2. The lowest BCUT2D eigenvalue weighted by molar-refractivity contribution is -0.140. The average Bonchev–Trinajstić information content (AvgIpc) is 3.26. The zero-order valence-electron chi connectivity index (χ0n) is 22.3. The van der Waals surface area contributed by atoms with E-state index in [0.29, 0.717) is 34.1 Å². The molecular formula is C30H33ClN2O4Si. The molecule has 0 saturated heterocycles. The van der Waals surface area contributed by atoms with Crippen molar-refractivity contribution in [3.05, 3.63) is 77.4 Å². The van der Waals surface area contributed by atoms with E-state index in [1.54, 1.807) is 10.6 Å². The number of esters is 1. The summed E-state index contributed by atoms with van der Waals surface area (Å²) in [4.78, 5) is 29.6. The molecule has 38 heavy (non-hydrogen) atoms. The molecule has 0 N–H and O–H groups in total. The van der Waals surface area contributed by atoms with Crippen LogP contribution in [0.15, 0.2) is 66.7 Å². The molecule has 2 aromatic heterocycles. The highest BCUT2D eigenvalue weighted by molar-refractivity contribution is 6.76. The van der Waals surface area contributed by atoms with Gasteiger partial charge in [-0.1, -0.05) is 85.8 Å². The maximum Gasteiger partial charge on any atom is 0.305 e. The average molecular weight is 549 g/mol. The second kappa shape index (κ2) is 12.1. The van der Waals surface area contributed by atoms with Crippen molar-refractivity contribution in [3.8, 4) is 22.4 Å². The van der Waals surface area contributed by atoms with Crippen molar-refractivity contribution in [1.29, 1.82) is 0 Å². The van der Waals surface area contributed by atoms with Crippen LogP contribution in [0.3, 0.4) is 0 Å². The third-order valence-electron chi connectivity index (χ3n) is 6.39.